The van der Waals surface area contributed by atoms with Crippen molar-refractivity contribution >= 4 is 16.7 Å². The van der Waals surface area contributed by atoms with Crippen molar-refractivity contribution in [2.45, 2.75) is 25.9 Å². The second kappa shape index (κ2) is 9.49. The first-order chi connectivity index (χ1) is 14.7. The molecule has 156 valence electrons. The largest absolute Gasteiger partial charge is 0.482 e. The highest BCUT2D eigenvalue weighted by molar-refractivity contribution is 5.84. The number of nitrogens with zero attached hydrogens (tertiary/aromatic N) is 4. The number of pyridine rings is 1. The fraction of sp³-hybridized carbons (Fsp3) is 0.364. The molecule has 1 aliphatic rings. The van der Waals surface area contributed by atoms with Crippen LogP contribution in [-0.2, 0) is 17.9 Å². The first kappa shape index (κ1) is 20.0. The summed E-state index contributed by atoms with van der Waals surface area (Å²) < 4.78 is 6.95. The molecule has 1 amide bonds. The van der Waals surface area contributed by atoms with Gasteiger partial charge >= 0.3 is 0 Å². The summed E-state index contributed by atoms with van der Waals surface area (Å²) in [6.45, 7) is 3.59. The van der Waals surface area contributed by atoms with Crippen LogP contribution < -0.4 is 15.6 Å². The zero-order chi connectivity index (χ0) is 20.8. The van der Waals surface area contributed by atoms with Crippen molar-refractivity contribution in [1.29, 1.82) is 0 Å². The number of carbonyl (C=O) groups excluding carboxylic acids is 1. The second-order valence-corrected chi connectivity index (χ2v) is 7.32. The Balaban J connectivity index is 1.45. The van der Waals surface area contributed by atoms with Gasteiger partial charge in [-0.15, -0.1) is 0 Å². The molecule has 1 fully saturated rings. The molecule has 1 aromatic carbocycles. The molecule has 0 unspecified atom stereocenters. The standard InChI is InChI=1S/C22H25N5O3/c28-21(16-30-17-6-5-9-23-14-17)24-15-20-18-7-1-2-8-19(18)22(29)27(25-20)13-12-26-10-3-4-11-26/h1-2,5-9,14H,3-4,10-13,15-16H2,(H,24,28). The molecule has 1 aliphatic heterocycles. The number of likely N-dealkylation sites (tertiary alicyclic amines) is 1. The van der Waals surface area contributed by atoms with Crippen LogP contribution in [0.3, 0.4) is 0 Å². The average molecular weight is 407 g/mol. The predicted octanol–water partition coefficient (Wildman–Crippen LogP) is 1.58. The molecule has 0 atom stereocenters. The number of fused-ring (bicyclic) bond motifs is 1. The van der Waals surface area contributed by atoms with Crippen molar-refractivity contribution in [2.24, 2.45) is 0 Å². The molecular weight excluding hydrogens is 382 g/mol. The van der Waals surface area contributed by atoms with E-state index in [1.807, 2.05) is 24.3 Å². The van der Waals surface area contributed by atoms with Gasteiger partial charge in [-0.05, 0) is 44.1 Å². The van der Waals surface area contributed by atoms with E-state index in [1.165, 1.54) is 17.5 Å². The van der Waals surface area contributed by atoms with Crippen LogP contribution in [0, 0.1) is 0 Å². The maximum absolute atomic E-state index is 12.9. The number of carbonyl (C=O) groups is 1. The van der Waals surface area contributed by atoms with E-state index in [9.17, 15) is 9.59 Å². The minimum Gasteiger partial charge on any atom is -0.482 e. The number of aromatic nitrogens is 3. The van der Waals surface area contributed by atoms with Crippen LogP contribution in [0.4, 0.5) is 0 Å². The van der Waals surface area contributed by atoms with Gasteiger partial charge in [0.1, 0.15) is 5.75 Å². The average Bonchev–Trinajstić information content (AvgIpc) is 3.31. The third-order valence-corrected chi connectivity index (χ3v) is 5.23. The molecule has 3 heterocycles. The highest BCUT2D eigenvalue weighted by Crippen LogP contribution is 2.14. The van der Waals surface area contributed by atoms with Gasteiger partial charge in [0.2, 0.25) is 0 Å². The first-order valence-corrected chi connectivity index (χ1v) is 10.2. The Morgan fingerprint density at radius 1 is 1.07 bits per heavy atom. The number of ether oxygens (including phenoxy) is 1. The SMILES string of the molecule is O=C(COc1cccnc1)NCc1nn(CCN2CCCC2)c(=O)c2ccccc12. The molecule has 0 saturated carbocycles. The lowest BCUT2D eigenvalue weighted by atomic mass is 10.1. The van der Waals surface area contributed by atoms with E-state index in [1.54, 1.807) is 24.5 Å². The van der Waals surface area contributed by atoms with Crippen LogP contribution in [0.25, 0.3) is 10.8 Å². The molecule has 1 N–H and O–H groups in total. The predicted molar refractivity (Wildman–Crippen MR) is 113 cm³/mol. The number of rotatable bonds is 8. The monoisotopic (exact) mass is 407 g/mol. The van der Waals surface area contributed by atoms with E-state index in [0.29, 0.717) is 23.4 Å². The zero-order valence-corrected chi connectivity index (χ0v) is 16.8. The molecule has 4 rings (SSSR count). The summed E-state index contributed by atoms with van der Waals surface area (Å²) >= 11 is 0. The molecule has 8 nitrogen and oxygen atoms in total. The number of nitrogens with one attached hydrogen (secondary N) is 1. The molecule has 0 radical (unpaired) electrons. The van der Waals surface area contributed by atoms with Crippen LogP contribution in [0.15, 0.2) is 53.6 Å². The van der Waals surface area contributed by atoms with Crippen LogP contribution in [0.1, 0.15) is 18.5 Å². The summed E-state index contributed by atoms with van der Waals surface area (Å²) in [5, 5.41) is 8.77. The first-order valence-electron chi connectivity index (χ1n) is 10.2. The highest BCUT2D eigenvalue weighted by Gasteiger charge is 2.15. The maximum atomic E-state index is 12.9. The van der Waals surface area contributed by atoms with E-state index in [-0.39, 0.29) is 24.6 Å². The fourth-order valence-electron chi connectivity index (χ4n) is 3.64. The van der Waals surface area contributed by atoms with E-state index in [4.69, 9.17) is 4.74 Å². The van der Waals surface area contributed by atoms with Gasteiger partial charge in [0.05, 0.1) is 30.4 Å². The number of benzene rings is 1. The topological polar surface area (TPSA) is 89.3 Å². The van der Waals surface area contributed by atoms with Crippen LogP contribution in [0.5, 0.6) is 5.75 Å². The molecule has 2 aromatic heterocycles. The summed E-state index contributed by atoms with van der Waals surface area (Å²) in [4.78, 5) is 31.4. The molecule has 30 heavy (non-hydrogen) atoms. The van der Waals surface area contributed by atoms with Crippen molar-refractivity contribution in [1.82, 2.24) is 25.0 Å². The van der Waals surface area contributed by atoms with Crippen molar-refractivity contribution in [3.63, 3.8) is 0 Å². The fourth-order valence-corrected chi connectivity index (χ4v) is 3.64. The van der Waals surface area contributed by atoms with E-state index in [0.717, 1.165) is 25.0 Å². The summed E-state index contributed by atoms with van der Waals surface area (Å²) in [7, 11) is 0. The Labute approximate surface area is 174 Å². The molecule has 0 spiro atoms. The minimum absolute atomic E-state index is 0.0974. The summed E-state index contributed by atoms with van der Waals surface area (Å²) in [5.41, 5.74) is 0.570. The molecule has 1 saturated heterocycles. The van der Waals surface area contributed by atoms with E-state index >= 15 is 0 Å². The van der Waals surface area contributed by atoms with Gasteiger partial charge in [0.25, 0.3) is 11.5 Å². The summed E-state index contributed by atoms with van der Waals surface area (Å²) in [5.74, 6) is 0.270. The Morgan fingerprint density at radius 3 is 2.63 bits per heavy atom. The quantitative estimate of drug-likeness (QED) is 0.610. The molecule has 8 heteroatoms. The Morgan fingerprint density at radius 2 is 1.87 bits per heavy atom. The minimum atomic E-state index is -0.264. The molecule has 3 aromatic rings. The van der Waals surface area contributed by atoms with Gasteiger partial charge in [0.15, 0.2) is 6.61 Å². The van der Waals surface area contributed by atoms with Crippen molar-refractivity contribution < 1.29 is 9.53 Å². The number of hydrogen-bond acceptors (Lipinski definition) is 6. The van der Waals surface area contributed by atoms with Crippen molar-refractivity contribution in [3.05, 3.63) is 64.8 Å². The molecule has 0 bridgehead atoms. The normalized spacial score (nSPS) is 14.1. The Hall–Kier alpha value is -3.26. The van der Waals surface area contributed by atoms with Gasteiger partial charge in [0, 0.05) is 18.1 Å². The van der Waals surface area contributed by atoms with Crippen molar-refractivity contribution in [3.8, 4) is 5.75 Å². The molecular formula is C22H25N5O3. The Bertz CT molecular complexity index is 1060. The lowest BCUT2D eigenvalue weighted by Crippen LogP contribution is -2.33. The third-order valence-electron chi connectivity index (χ3n) is 5.23. The van der Waals surface area contributed by atoms with E-state index in [2.05, 4.69) is 20.3 Å². The second-order valence-electron chi connectivity index (χ2n) is 7.32. The van der Waals surface area contributed by atoms with Crippen LogP contribution in [0.2, 0.25) is 0 Å². The lowest BCUT2D eigenvalue weighted by Gasteiger charge is -2.16. The lowest BCUT2D eigenvalue weighted by molar-refractivity contribution is -0.123. The van der Waals surface area contributed by atoms with Crippen LogP contribution >= 0.6 is 0 Å². The van der Waals surface area contributed by atoms with Gasteiger partial charge in [-0.1, -0.05) is 18.2 Å². The smallest absolute Gasteiger partial charge is 0.274 e. The molecule has 0 aliphatic carbocycles. The zero-order valence-electron chi connectivity index (χ0n) is 16.8. The summed E-state index contributed by atoms with van der Waals surface area (Å²) in [6.07, 6.45) is 5.61. The Kier molecular flexibility index (Phi) is 6.34. The van der Waals surface area contributed by atoms with Gasteiger partial charge in [-0.25, -0.2) is 4.68 Å². The number of hydrogen-bond donors (Lipinski definition) is 1. The maximum Gasteiger partial charge on any atom is 0.274 e. The van der Waals surface area contributed by atoms with Gasteiger partial charge < -0.3 is 15.0 Å². The number of amides is 1. The summed E-state index contributed by atoms with van der Waals surface area (Å²) in [6, 6.07) is 10.9. The van der Waals surface area contributed by atoms with Crippen molar-refractivity contribution in [2.75, 3.05) is 26.2 Å². The van der Waals surface area contributed by atoms with Gasteiger partial charge in [-0.3, -0.25) is 14.6 Å². The van der Waals surface area contributed by atoms with Gasteiger partial charge in [-0.2, -0.15) is 5.10 Å². The van der Waals surface area contributed by atoms with E-state index < -0.39 is 0 Å². The highest BCUT2D eigenvalue weighted by atomic mass is 16.5. The van der Waals surface area contributed by atoms with Crippen LogP contribution in [-0.4, -0.2) is 51.8 Å². The third kappa shape index (κ3) is 4.83.